The Hall–Kier alpha value is -3.15. The first kappa shape index (κ1) is 19.2. The average molecular weight is 407 g/mol. The standard InChI is InChI=1S/C23H19ClN2O3/c24-18-13-7-8-14-19(18)25-22(27)20-21(29-20)23(28)26(17-11-5-2-6-12-17)15-16-9-3-1-4-10-16/h1-14,20-21H,15H2,(H,25,27)/t20-,21-/m0/s1. The summed E-state index contributed by atoms with van der Waals surface area (Å²) in [7, 11) is 0. The van der Waals surface area contributed by atoms with Gasteiger partial charge in [-0.3, -0.25) is 9.59 Å². The van der Waals surface area contributed by atoms with Gasteiger partial charge in [0.25, 0.3) is 11.8 Å². The number of halogens is 1. The molecule has 3 aromatic carbocycles. The number of rotatable bonds is 6. The second kappa shape index (κ2) is 8.47. The zero-order valence-corrected chi connectivity index (χ0v) is 16.3. The van der Waals surface area contributed by atoms with Gasteiger partial charge in [0, 0.05) is 5.69 Å². The first-order chi connectivity index (χ1) is 14.1. The van der Waals surface area contributed by atoms with E-state index in [-0.39, 0.29) is 11.8 Å². The summed E-state index contributed by atoms with van der Waals surface area (Å²) in [6.07, 6.45) is -1.65. The van der Waals surface area contributed by atoms with Crippen LogP contribution >= 0.6 is 11.6 Å². The van der Waals surface area contributed by atoms with E-state index in [1.807, 2.05) is 60.7 Å². The van der Waals surface area contributed by atoms with Gasteiger partial charge < -0.3 is 15.0 Å². The van der Waals surface area contributed by atoms with Gasteiger partial charge >= 0.3 is 0 Å². The molecule has 0 saturated carbocycles. The van der Waals surface area contributed by atoms with Crippen molar-refractivity contribution in [2.45, 2.75) is 18.8 Å². The molecule has 1 saturated heterocycles. The van der Waals surface area contributed by atoms with E-state index in [0.29, 0.717) is 17.3 Å². The van der Waals surface area contributed by atoms with Crippen LogP contribution in [0.15, 0.2) is 84.9 Å². The smallest absolute Gasteiger partial charge is 0.259 e. The molecule has 3 aromatic rings. The predicted octanol–water partition coefficient (Wildman–Crippen LogP) is 4.28. The third-order valence-electron chi connectivity index (χ3n) is 4.64. The highest BCUT2D eigenvalue weighted by Gasteiger charge is 2.52. The molecule has 146 valence electrons. The minimum absolute atomic E-state index is 0.251. The van der Waals surface area contributed by atoms with Crippen LogP contribution < -0.4 is 10.2 Å². The fraction of sp³-hybridized carbons (Fsp3) is 0.130. The first-order valence-electron chi connectivity index (χ1n) is 9.25. The molecule has 1 N–H and O–H groups in total. The maximum absolute atomic E-state index is 13.1. The molecule has 0 bridgehead atoms. The molecular weight excluding hydrogens is 388 g/mol. The molecule has 1 heterocycles. The topological polar surface area (TPSA) is 61.9 Å². The predicted molar refractivity (Wildman–Crippen MR) is 113 cm³/mol. The number of nitrogens with one attached hydrogen (secondary N) is 1. The Balaban J connectivity index is 1.48. The summed E-state index contributed by atoms with van der Waals surface area (Å²) in [5.41, 5.74) is 2.23. The van der Waals surface area contributed by atoms with E-state index >= 15 is 0 Å². The molecular formula is C23H19ClN2O3. The van der Waals surface area contributed by atoms with Crippen molar-refractivity contribution in [3.05, 3.63) is 95.5 Å². The van der Waals surface area contributed by atoms with Crippen LogP contribution in [0.1, 0.15) is 5.56 Å². The van der Waals surface area contributed by atoms with Crippen molar-refractivity contribution in [2.75, 3.05) is 10.2 Å². The normalized spacial score (nSPS) is 17.4. The molecule has 1 aliphatic heterocycles. The zero-order valence-electron chi connectivity index (χ0n) is 15.5. The van der Waals surface area contributed by atoms with Gasteiger partial charge in [0.1, 0.15) is 0 Å². The number of nitrogens with zero attached hydrogens (tertiary/aromatic N) is 1. The summed E-state index contributed by atoms with van der Waals surface area (Å²) in [5.74, 6) is -0.636. The second-order valence-corrected chi connectivity index (χ2v) is 7.10. The molecule has 2 atom stereocenters. The molecule has 4 rings (SSSR count). The van der Waals surface area contributed by atoms with E-state index in [2.05, 4.69) is 5.32 Å². The lowest BCUT2D eigenvalue weighted by molar-refractivity contribution is -0.120. The fourth-order valence-electron chi connectivity index (χ4n) is 3.09. The molecule has 0 spiro atoms. The molecule has 2 amide bonds. The van der Waals surface area contributed by atoms with Crippen LogP contribution in [0, 0.1) is 0 Å². The van der Waals surface area contributed by atoms with Gasteiger partial charge in [-0.2, -0.15) is 0 Å². The highest BCUT2D eigenvalue weighted by atomic mass is 35.5. The van der Waals surface area contributed by atoms with Crippen molar-refractivity contribution in [1.82, 2.24) is 0 Å². The Morgan fingerprint density at radius 3 is 2.17 bits per heavy atom. The van der Waals surface area contributed by atoms with Crippen LogP contribution in [0.2, 0.25) is 5.02 Å². The number of hydrogen-bond acceptors (Lipinski definition) is 3. The van der Waals surface area contributed by atoms with Crippen molar-refractivity contribution in [1.29, 1.82) is 0 Å². The van der Waals surface area contributed by atoms with E-state index in [4.69, 9.17) is 16.3 Å². The number of carbonyl (C=O) groups is 2. The van der Waals surface area contributed by atoms with Crippen LogP contribution in [0.25, 0.3) is 0 Å². The van der Waals surface area contributed by atoms with E-state index in [9.17, 15) is 9.59 Å². The van der Waals surface area contributed by atoms with Gasteiger partial charge in [-0.1, -0.05) is 72.3 Å². The Morgan fingerprint density at radius 2 is 1.48 bits per heavy atom. The number of para-hydroxylation sites is 2. The molecule has 0 radical (unpaired) electrons. The average Bonchev–Trinajstić information content (AvgIpc) is 3.56. The van der Waals surface area contributed by atoms with E-state index in [1.165, 1.54) is 0 Å². The fourth-order valence-corrected chi connectivity index (χ4v) is 3.27. The number of ether oxygens (including phenoxy) is 1. The van der Waals surface area contributed by atoms with Gasteiger partial charge in [-0.05, 0) is 29.8 Å². The molecule has 0 aromatic heterocycles. The van der Waals surface area contributed by atoms with Crippen molar-refractivity contribution in [3.8, 4) is 0 Å². The van der Waals surface area contributed by atoms with Gasteiger partial charge in [0.05, 0.1) is 17.3 Å². The molecule has 6 heteroatoms. The third kappa shape index (κ3) is 4.47. The summed E-state index contributed by atoms with van der Waals surface area (Å²) >= 11 is 6.08. The Kier molecular flexibility index (Phi) is 5.60. The van der Waals surface area contributed by atoms with Crippen molar-refractivity contribution in [2.24, 2.45) is 0 Å². The van der Waals surface area contributed by atoms with Gasteiger partial charge in [-0.25, -0.2) is 0 Å². The Bertz CT molecular complexity index is 1010. The number of hydrogen-bond donors (Lipinski definition) is 1. The molecule has 1 fully saturated rings. The third-order valence-corrected chi connectivity index (χ3v) is 4.97. The number of epoxide rings is 1. The summed E-state index contributed by atoms with van der Waals surface area (Å²) < 4.78 is 5.45. The maximum Gasteiger partial charge on any atom is 0.259 e. The SMILES string of the molecule is O=C(Nc1ccccc1Cl)[C@H]1O[C@@H]1C(=O)N(Cc1ccccc1)c1ccccc1. The van der Waals surface area contributed by atoms with Crippen LogP contribution in [0.3, 0.4) is 0 Å². The highest BCUT2D eigenvalue weighted by molar-refractivity contribution is 6.33. The largest absolute Gasteiger partial charge is 0.349 e. The lowest BCUT2D eigenvalue weighted by Crippen LogP contribution is -2.36. The molecule has 0 aliphatic carbocycles. The molecule has 0 unspecified atom stereocenters. The monoisotopic (exact) mass is 406 g/mol. The number of benzene rings is 3. The summed E-state index contributed by atoms with van der Waals surface area (Å²) in [6.45, 7) is 0.391. The summed E-state index contributed by atoms with van der Waals surface area (Å²) in [4.78, 5) is 27.3. The van der Waals surface area contributed by atoms with Crippen LogP contribution in [0.5, 0.6) is 0 Å². The zero-order chi connectivity index (χ0) is 20.2. The Labute approximate surface area is 173 Å². The quantitative estimate of drug-likeness (QED) is 0.621. The van der Waals surface area contributed by atoms with Crippen LogP contribution in [-0.2, 0) is 20.9 Å². The first-order valence-corrected chi connectivity index (χ1v) is 9.62. The van der Waals surface area contributed by atoms with E-state index in [1.54, 1.807) is 29.2 Å². The molecule has 29 heavy (non-hydrogen) atoms. The van der Waals surface area contributed by atoms with Crippen molar-refractivity contribution < 1.29 is 14.3 Å². The number of carbonyl (C=O) groups excluding carboxylic acids is 2. The van der Waals surface area contributed by atoms with Gasteiger partial charge in [-0.15, -0.1) is 0 Å². The second-order valence-electron chi connectivity index (χ2n) is 6.69. The van der Waals surface area contributed by atoms with Crippen molar-refractivity contribution >= 4 is 34.8 Å². The van der Waals surface area contributed by atoms with Crippen molar-refractivity contribution in [3.63, 3.8) is 0 Å². The van der Waals surface area contributed by atoms with E-state index < -0.39 is 12.2 Å². The summed E-state index contributed by atoms with van der Waals surface area (Å²) in [5, 5.41) is 3.15. The van der Waals surface area contributed by atoms with Crippen LogP contribution in [0.4, 0.5) is 11.4 Å². The van der Waals surface area contributed by atoms with Crippen LogP contribution in [-0.4, -0.2) is 24.0 Å². The minimum Gasteiger partial charge on any atom is -0.349 e. The van der Waals surface area contributed by atoms with Gasteiger partial charge in [0.2, 0.25) is 0 Å². The Morgan fingerprint density at radius 1 is 0.862 bits per heavy atom. The summed E-state index contributed by atoms with van der Waals surface area (Å²) in [6, 6.07) is 26.0. The number of anilines is 2. The molecule has 5 nitrogen and oxygen atoms in total. The number of amides is 2. The van der Waals surface area contributed by atoms with Gasteiger partial charge in [0.15, 0.2) is 12.2 Å². The highest BCUT2D eigenvalue weighted by Crippen LogP contribution is 2.30. The van der Waals surface area contributed by atoms with E-state index in [0.717, 1.165) is 11.3 Å². The lowest BCUT2D eigenvalue weighted by atomic mass is 10.1. The minimum atomic E-state index is -0.833. The lowest BCUT2D eigenvalue weighted by Gasteiger charge is -2.22. The maximum atomic E-state index is 13.1. The molecule has 1 aliphatic rings.